The highest BCUT2D eigenvalue weighted by atomic mass is 32.2. The summed E-state index contributed by atoms with van der Waals surface area (Å²) in [5.74, 6) is 0.786. The first-order valence-electron chi connectivity index (χ1n) is 6.75. The summed E-state index contributed by atoms with van der Waals surface area (Å²) >= 11 is 1.62. The largest absolute Gasteiger partial charge is 0.339 e. The minimum absolute atomic E-state index is 0.00736. The maximum absolute atomic E-state index is 11.8. The molecule has 1 amide bonds. The van der Waals surface area contributed by atoms with Crippen LogP contribution in [0.25, 0.3) is 0 Å². The van der Waals surface area contributed by atoms with Crippen LogP contribution in [0.5, 0.6) is 0 Å². The second-order valence-corrected chi connectivity index (χ2v) is 7.78. The van der Waals surface area contributed by atoms with Crippen LogP contribution in [-0.2, 0) is 4.79 Å². The summed E-state index contributed by atoms with van der Waals surface area (Å²) < 4.78 is 0.0876. The average Bonchev–Trinajstić information content (AvgIpc) is 2.33. The lowest BCUT2D eigenvalue weighted by molar-refractivity contribution is -0.119. The summed E-state index contributed by atoms with van der Waals surface area (Å²) in [6.45, 7) is 6.27. The van der Waals surface area contributed by atoms with Crippen LogP contribution < -0.4 is 5.32 Å². The number of carbonyl (C=O) groups is 1. The second-order valence-electron chi connectivity index (χ2n) is 5.97. The summed E-state index contributed by atoms with van der Waals surface area (Å²) in [7, 11) is 0. The van der Waals surface area contributed by atoms with Crippen molar-refractivity contribution in [3.63, 3.8) is 0 Å². The maximum atomic E-state index is 11.8. The lowest BCUT2D eigenvalue weighted by Crippen LogP contribution is -2.41. The van der Waals surface area contributed by atoms with Crippen LogP contribution in [0.1, 0.15) is 52.9 Å². The molecule has 0 bridgehead atoms. The molecule has 0 aromatic carbocycles. The van der Waals surface area contributed by atoms with Gasteiger partial charge in [0.15, 0.2) is 0 Å². The van der Waals surface area contributed by atoms with Crippen LogP contribution in [0.3, 0.4) is 0 Å². The van der Waals surface area contributed by atoms with Gasteiger partial charge in [-0.2, -0.15) is 5.26 Å². The van der Waals surface area contributed by atoms with Gasteiger partial charge in [0.05, 0.1) is 11.8 Å². The third-order valence-corrected chi connectivity index (χ3v) is 4.49. The monoisotopic (exact) mass is 268 g/mol. The fourth-order valence-electron chi connectivity index (χ4n) is 2.22. The predicted octanol–water partition coefficient (Wildman–Crippen LogP) is 3.11. The summed E-state index contributed by atoms with van der Waals surface area (Å²) in [5.41, 5.74) is 0. The van der Waals surface area contributed by atoms with Gasteiger partial charge >= 0.3 is 0 Å². The molecule has 1 aliphatic rings. The average molecular weight is 268 g/mol. The molecule has 1 atom stereocenters. The van der Waals surface area contributed by atoms with Crippen LogP contribution in [0.15, 0.2) is 0 Å². The molecule has 1 aliphatic carbocycles. The summed E-state index contributed by atoms with van der Waals surface area (Å²) in [6.07, 6.45) is 5.79. The normalized spacial score (nSPS) is 19.0. The molecule has 18 heavy (non-hydrogen) atoms. The minimum atomic E-state index is -0.293. The highest BCUT2D eigenvalue weighted by Crippen LogP contribution is 2.27. The zero-order chi connectivity index (χ0) is 13.6. The Kier molecular flexibility index (Phi) is 6.01. The lowest BCUT2D eigenvalue weighted by Gasteiger charge is -2.26. The van der Waals surface area contributed by atoms with E-state index in [1.165, 1.54) is 19.3 Å². The van der Waals surface area contributed by atoms with Crippen LogP contribution in [-0.4, -0.2) is 22.4 Å². The molecule has 0 unspecified atom stereocenters. The summed E-state index contributed by atoms with van der Waals surface area (Å²) in [4.78, 5) is 11.8. The van der Waals surface area contributed by atoms with Crippen molar-refractivity contribution in [1.29, 1.82) is 5.26 Å². The molecule has 0 radical (unpaired) electrons. The van der Waals surface area contributed by atoms with E-state index < -0.39 is 0 Å². The Morgan fingerprint density at radius 2 is 2.00 bits per heavy atom. The third-order valence-electron chi connectivity index (χ3n) is 3.21. The number of nitrogens with one attached hydrogen (secondary N) is 1. The van der Waals surface area contributed by atoms with Gasteiger partial charge in [-0.25, -0.2) is 0 Å². The third kappa shape index (κ3) is 5.77. The van der Waals surface area contributed by atoms with E-state index in [0.717, 1.165) is 12.8 Å². The van der Waals surface area contributed by atoms with Gasteiger partial charge in [-0.15, -0.1) is 11.8 Å². The van der Waals surface area contributed by atoms with Crippen molar-refractivity contribution in [2.75, 3.05) is 5.75 Å². The molecule has 1 N–H and O–H groups in total. The van der Waals surface area contributed by atoms with Crippen molar-refractivity contribution < 1.29 is 4.79 Å². The Morgan fingerprint density at radius 1 is 1.39 bits per heavy atom. The smallest absolute Gasteiger partial charge is 0.231 e. The zero-order valence-corrected chi connectivity index (χ0v) is 12.5. The molecular formula is C14H24N2OS. The number of hydrogen-bond donors (Lipinski definition) is 1. The van der Waals surface area contributed by atoms with E-state index in [1.807, 2.05) is 0 Å². The van der Waals surface area contributed by atoms with E-state index in [4.69, 9.17) is 0 Å². The number of nitriles is 1. The van der Waals surface area contributed by atoms with E-state index in [1.54, 1.807) is 11.8 Å². The van der Waals surface area contributed by atoms with Crippen LogP contribution >= 0.6 is 11.8 Å². The van der Waals surface area contributed by atoms with Gasteiger partial charge in [-0.3, -0.25) is 4.79 Å². The lowest BCUT2D eigenvalue weighted by atomic mass is 9.84. The van der Waals surface area contributed by atoms with E-state index in [-0.39, 0.29) is 16.7 Å². The first-order chi connectivity index (χ1) is 8.42. The summed E-state index contributed by atoms with van der Waals surface area (Å²) in [5, 5.41) is 12.1. The molecule has 0 aromatic heterocycles. The van der Waals surface area contributed by atoms with E-state index in [2.05, 4.69) is 32.2 Å². The van der Waals surface area contributed by atoms with Crippen LogP contribution in [0, 0.1) is 17.2 Å². The minimum Gasteiger partial charge on any atom is -0.339 e. The standard InChI is InChI=1S/C14H24N2OS/c1-14(2,3)18-10-13(17)16-12(9-15)11-7-5-4-6-8-11/h11-12H,4-8,10H2,1-3H3,(H,16,17)/t12-/m0/s1. The maximum Gasteiger partial charge on any atom is 0.231 e. The van der Waals surface area contributed by atoms with Crippen molar-refractivity contribution in [2.45, 2.75) is 63.7 Å². The van der Waals surface area contributed by atoms with Crippen molar-refractivity contribution in [3.05, 3.63) is 0 Å². The van der Waals surface area contributed by atoms with Gasteiger partial charge in [-0.1, -0.05) is 40.0 Å². The van der Waals surface area contributed by atoms with Gasteiger partial charge in [0, 0.05) is 4.75 Å². The highest BCUT2D eigenvalue weighted by Gasteiger charge is 2.25. The molecule has 3 nitrogen and oxygen atoms in total. The fraction of sp³-hybridized carbons (Fsp3) is 0.857. The molecule has 102 valence electrons. The molecule has 0 heterocycles. The predicted molar refractivity (Wildman–Crippen MR) is 76.3 cm³/mol. The Labute approximate surface area is 115 Å². The van der Waals surface area contributed by atoms with Gasteiger partial charge in [0.2, 0.25) is 5.91 Å². The van der Waals surface area contributed by atoms with E-state index in [0.29, 0.717) is 11.7 Å². The van der Waals surface area contributed by atoms with Crippen molar-refractivity contribution >= 4 is 17.7 Å². The van der Waals surface area contributed by atoms with Gasteiger partial charge < -0.3 is 5.32 Å². The second kappa shape index (κ2) is 7.04. The number of thioether (sulfide) groups is 1. The van der Waals surface area contributed by atoms with Gasteiger partial charge in [0.25, 0.3) is 0 Å². The first-order valence-corrected chi connectivity index (χ1v) is 7.74. The molecular weight excluding hydrogens is 244 g/mol. The topological polar surface area (TPSA) is 52.9 Å². The molecule has 0 spiro atoms. The van der Waals surface area contributed by atoms with Gasteiger partial charge in [-0.05, 0) is 18.8 Å². The molecule has 1 saturated carbocycles. The van der Waals surface area contributed by atoms with Crippen LogP contribution in [0.4, 0.5) is 0 Å². The number of carbonyl (C=O) groups excluding carboxylic acids is 1. The SMILES string of the molecule is CC(C)(C)SCC(=O)N[C@@H](C#N)C1CCCCC1. The molecule has 1 rings (SSSR count). The zero-order valence-electron chi connectivity index (χ0n) is 11.7. The number of nitrogens with zero attached hydrogens (tertiary/aromatic N) is 1. The van der Waals surface area contributed by atoms with Crippen molar-refractivity contribution in [2.24, 2.45) is 5.92 Å². The van der Waals surface area contributed by atoms with Crippen molar-refractivity contribution in [3.8, 4) is 6.07 Å². The highest BCUT2D eigenvalue weighted by molar-refractivity contribution is 8.01. The first kappa shape index (κ1) is 15.4. The number of hydrogen-bond acceptors (Lipinski definition) is 3. The van der Waals surface area contributed by atoms with Gasteiger partial charge in [0.1, 0.15) is 6.04 Å². The van der Waals surface area contributed by atoms with E-state index >= 15 is 0 Å². The Morgan fingerprint density at radius 3 is 2.50 bits per heavy atom. The quantitative estimate of drug-likeness (QED) is 0.852. The molecule has 0 saturated heterocycles. The van der Waals surface area contributed by atoms with Crippen LogP contribution in [0.2, 0.25) is 0 Å². The number of rotatable bonds is 4. The Hall–Kier alpha value is -0.690. The Balaban J connectivity index is 2.38. The van der Waals surface area contributed by atoms with Crippen molar-refractivity contribution in [1.82, 2.24) is 5.32 Å². The molecule has 0 aliphatic heterocycles. The fourth-order valence-corrected chi connectivity index (χ4v) is 2.87. The molecule has 1 fully saturated rings. The number of amides is 1. The molecule has 0 aromatic rings. The van der Waals surface area contributed by atoms with E-state index in [9.17, 15) is 10.1 Å². The Bertz CT molecular complexity index is 311. The molecule has 4 heteroatoms. The summed E-state index contributed by atoms with van der Waals surface area (Å²) in [6, 6.07) is 1.97.